The Morgan fingerprint density at radius 3 is 2.29 bits per heavy atom. The summed E-state index contributed by atoms with van der Waals surface area (Å²) in [6.45, 7) is 8.41. The minimum atomic E-state index is 0.138. The molecule has 2 aromatic carbocycles. The van der Waals surface area contributed by atoms with Crippen LogP contribution in [0, 0.1) is 13.8 Å². The van der Waals surface area contributed by atoms with E-state index in [9.17, 15) is 0 Å². The van der Waals surface area contributed by atoms with Crippen LogP contribution in [0.4, 0.5) is 0 Å². The summed E-state index contributed by atoms with van der Waals surface area (Å²) in [5.74, 6) is 0.949. The van der Waals surface area contributed by atoms with Gasteiger partial charge < -0.3 is 10.1 Å². The van der Waals surface area contributed by atoms with Crippen LogP contribution in [-0.4, -0.2) is 13.2 Å². The molecule has 0 bridgehead atoms. The molecule has 0 aliphatic rings. The van der Waals surface area contributed by atoms with E-state index in [1.165, 1.54) is 22.3 Å². The molecule has 2 rings (SSSR count). The summed E-state index contributed by atoms with van der Waals surface area (Å²) in [5.41, 5.74) is 5.08. The van der Waals surface area contributed by atoms with Gasteiger partial charge in [-0.3, -0.25) is 0 Å². The van der Waals surface area contributed by atoms with Crippen molar-refractivity contribution >= 4 is 0 Å². The maximum absolute atomic E-state index is 5.96. The zero-order chi connectivity index (χ0) is 15.4. The molecular weight excluding hydrogens is 258 g/mol. The fourth-order valence-corrected chi connectivity index (χ4v) is 2.53. The third kappa shape index (κ3) is 3.64. The van der Waals surface area contributed by atoms with E-state index in [0.717, 1.165) is 5.75 Å². The highest BCUT2D eigenvalue weighted by atomic mass is 16.5. The van der Waals surface area contributed by atoms with Crippen LogP contribution in [-0.2, 0) is 0 Å². The van der Waals surface area contributed by atoms with Crippen LogP contribution in [0.5, 0.6) is 5.75 Å². The highest BCUT2D eigenvalue weighted by molar-refractivity contribution is 5.43. The predicted molar refractivity (Wildman–Crippen MR) is 89.0 cm³/mol. The lowest BCUT2D eigenvalue weighted by molar-refractivity contribution is 0.238. The third-order valence-electron chi connectivity index (χ3n) is 3.75. The second-order valence-electron chi connectivity index (χ2n) is 5.77. The molecule has 0 heterocycles. The smallest absolute Gasteiger partial charge is 0.124 e. The molecule has 0 spiro atoms. The van der Waals surface area contributed by atoms with Crippen molar-refractivity contribution in [2.75, 3.05) is 7.05 Å². The van der Waals surface area contributed by atoms with Crippen LogP contribution in [0.25, 0.3) is 0 Å². The van der Waals surface area contributed by atoms with E-state index in [2.05, 4.69) is 63.3 Å². The Morgan fingerprint density at radius 1 is 0.952 bits per heavy atom. The van der Waals surface area contributed by atoms with Gasteiger partial charge in [-0.05, 0) is 57.5 Å². The minimum absolute atomic E-state index is 0.138. The zero-order valence-electron chi connectivity index (χ0n) is 13.6. The van der Waals surface area contributed by atoms with Crippen LogP contribution in [0.15, 0.2) is 42.5 Å². The maximum Gasteiger partial charge on any atom is 0.124 e. The van der Waals surface area contributed by atoms with Gasteiger partial charge in [0.15, 0.2) is 0 Å². The molecule has 0 saturated heterocycles. The van der Waals surface area contributed by atoms with Crippen LogP contribution in [0.2, 0.25) is 0 Å². The van der Waals surface area contributed by atoms with Crippen molar-refractivity contribution in [1.29, 1.82) is 0 Å². The second kappa shape index (κ2) is 6.77. The highest BCUT2D eigenvalue weighted by Gasteiger charge is 2.17. The van der Waals surface area contributed by atoms with Gasteiger partial charge in [-0.2, -0.15) is 0 Å². The van der Waals surface area contributed by atoms with Gasteiger partial charge in [0.1, 0.15) is 5.75 Å². The number of ether oxygens (including phenoxy) is 1. The molecule has 1 atom stereocenters. The number of para-hydroxylation sites is 1. The molecule has 21 heavy (non-hydrogen) atoms. The van der Waals surface area contributed by atoms with E-state index in [0.29, 0.717) is 0 Å². The first-order valence-electron chi connectivity index (χ1n) is 7.53. The Kier molecular flexibility index (Phi) is 5.03. The van der Waals surface area contributed by atoms with E-state index >= 15 is 0 Å². The van der Waals surface area contributed by atoms with Gasteiger partial charge in [0.05, 0.1) is 12.1 Å². The fraction of sp³-hybridized carbons (Fsp3) is 0.368. The monoisotopic (exact) mass is 283 g/mol. The standard InChI is InChI=1S/C19H25NO/c1-13(2)21-18-9-7-6-8-17(18)19(20-5)16-11-10-14(3)15(4)12-16/h6-13,19-20H,1-5H3. The summed E-state index contributed by atoms with van der Waals surface area (Å²) < 4.78 is 5.96. The molecule has 1 unspecified atom stereocenters. The molecule has 2 aromatic rings. The second-order valence-corrected chi connectivity index (χ2v) is 5.77. The summed E-state index contributed by atoms with van der Waals surface area (Å²) in [5, 5.41) is 3.41. The summed E-state index contributed by atoms with van der Waals surface area (Å²) in [7, 11) is 1.99. The summed E-state index contributed by atoms with van der Waals surface area (Å²) in [4.78, 5) is 0. The largest absolute Gasteiger partial charge is 0.491 e. The SMILES string of the molecule is CNC(c1ccc(C)c(C)c1)c1ccccc1OC(C)C. The minimum Gasteiger partial charge on any atom is -0.491 e. The first kappa shape index (κ1) is 15.6. The van der Waals surface area contributed by atoms with Gasteiger partial charge >= 0.3 is 0 Å². The quantitative estimate of drug-likeness (QED) is 0.878. The van der Waals surface area contributed by atoms with Gasteiger partial charge in [0.2, 0.25) is 0 Å². The Bertz CT molecular complexity index is 604. The molecule has 0 saturated carbocycles. The van der Waals surface area contributed by atoms with Crippen molar-refractivity contribution < 1.29 is 4.74 Å². The molecule has 0 amide bonds. The first-order valence-corrected chi connectivity index (χ1v) is 7.53. The molecular formula is C19H25NO. The van der Waals surface area contributed by atoms with Crippen LogP contribution >= 0.6 is 0 Å². The molecule has 0 fully saturated rings. The lowest BCUT2D eigenvalue weighted by Gasteiger charge is -2.22. The van der Waals surface area contributed by atoms with Gasteiger partial charge in [0.25, 0.3) is 0 Å². The molecule has 112 valence electrons. The average molecular weight is 283 g/mol. The van der Waals surface area contributed by atoms with Crippen molar-refractivity contribution in [1.82, 2.24) is 5.32 Å². The lowest BCUT2D eigenvalue weighted by Crippen LogP contribution is -2.19. The van der Waals surface area contributed by atoms with Crippen molar-refractivity contribution in [3.63, 3.8) is 0 Å². The fourth-order valence-electron chi connectivity index (χ4n) is 2.53. The van der Waals surface area contributed by atoms with Crippen molar-refractivity contribution in [3.05, 3.63) is 64.7 Å². The van der Waals surface area contributed by atoms with Crippen LogP contribution in [0.3, 0.4) is 0 Å². The van der Waals surface area contributed by atoms with E-state index in [-0.39, 0.29) is 12.1 Å². The summed E-state index contributed by atoms with van der Waals surface area (Å²) in [6, 6.07) is 15.0. The van der Waals surface area contributed by atoms with Crippen molar-refractivity contribution in [2.24, 2.45) is 0 Å². The van der Waals surface area contributed by atoms with E-state index in [1.807, 2.05) is 19.2 Å². The lowest BCUT2D eigenvalue weighted by atomic mass is 9.95. The summed E-state index contributed by atoms with van der Waals surface area (Å²) in [6.07, 6.45) is 0.170. The topological polar surface area (TPSA) is 21.3 Å². The molecule has 2 nitrogen and oxygen atoms in total. The number of nitrogens with one attached hydrogen (secondary N) is 1. The third-order valence-corrected chi connectivity index (χ3v) is 3.75. The molecule has 1 N–H and O–H groups in total. The molecule has 0 radical (unpaired) electrons. The summed E-state index contributed by atoms with van der Waals surface area (Å²) >= 11 is 0. The number of hydrogen-bond donors (Lipinski definition) is 1. The van der Waals surface area contributed by atoms with E-state index < -0.39 is 0 Å². The van der Waals surface area contributed by atoms with E-state index in [4.69, 9.17) is 4.74 Å². The van der Waals surface area contributed by atoms with Crippen molar-refractivity contribution in [3.8, 4) is 5.75 Å². The highest BCUT2D eigenvalue weighted by Crippen LogP contribution is 2.31. The number of rotatable bonds is 5. The maximum atomic E-state index is 5.96. The Hall–Kier alpha value is -1.80. The average Bonchev–Trinajstić information content (AvgIpc) is 2.44. The predicted octanol–water partition coefficient (Wildman–Crippen LogP) is 4.40. The van der Waals surface area contributed by atoms with Crippen molar-refractivity contribution in [2.45, 2.75) is 39.8 Å². The normalized spacial score (nSPS) is 12.5. The molecule has 0 aromatic heterocycles. The Labute approximate surface area is 128 Å². The van der Waals surface area contributed by atoms with E-state index in [1.54, 1.807) is 0 Å². The van der Waals surface area contributed by atoms with Gasteiger partial charge in [0, 0.05) is 5.56 Å². The molecule has 0 aliphatic carbocycles. The zero-order valence-corrected chi connectivity index (χ0v) is 13.6. The number of benzene rings is 2. The first-order chi connectivity index (χ1) is 10.0. The van der Waals surface area contributed by atoms with Gasteiger partial charge in [-0.1, -0.05) is 36.4 Å². The van der Waals surface area contributed by atoms with Crippen LogP contribution < -0.4 is 10.1 Å². The van der Waals surface area contributed by atoms with Gasteiger partial charge in [-0.25, -0.2) is 0 Å². The van der Waals surface area contributed by atoms with Gasteiger partial charge in [-0.15, -0.1) is 0 Å². The van der Waals surface area contributed by atoms with Crippen LogP contribution in [0.1, 0.15) is 42.1 Å². The number of hydrogen-bond acceptors (Lipinski definition) is 2. The molecule has 2 heteroatoms. The Balaban J connectivity index is 2.43. The molecule has 0 aliphatic heterocycles. The Morgan fingerprint density at radius 2 is 1.67 bits per heavy atom. The number of aryl methyl sites for hydroxylation is 2.